The van der Waals surface area contributed by atoms with Gasteiger partial charge in [0.25, 0.3) is 0 Å². The molecular formula is C22H23N3O5S. The number of oxazole rings is 1. The summed E-state index contributed by atoms with van der Waals surface area (Å²) in [5.41, 5.74) is 2.39. The number of nitro groups is 1. The molecule has 1 fully saturated rings. The molecule has 8 nitrogen and oxygen atoms in total. The zero-order valence-corrected chi connectivity index (χ0v) is 18.0. The third kappa shape index (κ3) is 4.82. The molecule has 1 aromatic heterocycles. The van der Waals surface area contributed by atoms with Crippen LogP contribution >= 0.6 is 11.8 Å². The quantitative estimate of drug-likeness (QED) is 0.396. The minimum Gasteiger partial charge on any atom is -0.490 e. The van der Waals surface area contributed by atoms with Crippen molar-refractivity contribution in [2.75, 3.05) is 26.0 Å². The number of benzene rings is 2. The summed E-state index contributed by atoms with van der Waals surface area (Å²) in [7, 11) is 1.41. The van der Waals surface area contributed by atoms with E-state index in [4.69, 9.17) is 9.15 Å². The van der Waals surface area contributed by atoms with Gasteiger partial charge in [-0.2, -0.15) is 0 Å². The number of carbonyl (C=O) groups is 1. The number of amides is 1. The summed E-state index contributed by atoms with van der Waals surface area (Å²) in [4.78, 5) is 29.7. The first-order valence-corrected chi connectivity index (χ1v) is 11.2. The van der Waals surface area contributed by atoms with Gasteiger partial charge in [-0.1, -0.05) is 18.2 Å². The number of piperidine rings is 1. The molecular weight excluding hydrogens is 418 g/mol. The number of ether oxygens (including phenoxy) is 1. The number of fused-ring (bicyclic) bond motifs is 1. The van der Waals surface area contributed by atoms with Gasteiger partial charge in [-0.15, -0.1) is 11.8 Å². The molecule has 0 N–H and O–H groups in total. The maximum absolute atomic E-state index is 12.6. The number of para-hydroxylation sites is 2. The fourth-order valence-electron chi connectivity index (χ4n) is 3.76. The van der Waals surface area contributed by atoms with E-state index in [0.29, 0.717) is 24.6 Å². The smallest absolute Gasteiger partial charge is 0.311 e. The van der Waals surface area contributed by atoms with Gasteiger partial charge in [-0.3, -0.25) is 14.9 Å². The zero-order valence-electron chi connectivity index (χ0n) is 17.2. The molecule has 4 rings (SSSR count). The van der Waals surface area contributed by atoms with Gasteiger partial charge in [0.05, 0.1) is 17.8 Å². The molecule has 0 radical (unpaired) electrons. The van der Waals surface area contributed by atoms with Crippen molar-refractivity contribution in [2.24, 2.45) is 0 Å². The molecule has 162 valence electrons. The molecule has 1 aliphatic rings. The van der Waals surface area contributed by atoms with Crippen LogP contribution in [0.3, 0.4) is 0 Å². The fraction of sp³-hybridized carbons (Fsp3) is 0.364. The van der Waals surface area contributed by atoms with Gasteiger partial charge in [-0.25, -0.2) is 4.98 Å². The normalized spacial score (nSPS) is 14.7. The van der Waals surface area contributed by atoms with Gasteiger partial charge in [0, 0.05) is 30.8 Å². The topological polar surface area (TPSA) is 98.7 Å². The van der Waals surface area contributed by atoms with E-state index in [1.165, 1.54) is 24.9 Å². The molecule has 1 aliphatic heterocycles. The molecule has 0 aliphatic carbocycles. The molecule has 9 heteroatoms. The number of nitrogens with zero attached hydrogens (tertiary/aromatic N) is 3. The largest absolute Gasteiger partial charge is 0.490 e. The highest BCUT2D eigenvalue weighted by molar-refractivity contribution is 7.99. The van der Waals surface area contributed by atoms with Crippen molar-refractivity contribution in [3.05, 3.63) is 64.0 Å². The SMILES string of the molecule is COc1ccc(CSCC(=O)N2CCC(c3nc4ccccc4o3)CC2)cc1[N+](=O)[O-]. The lowest BCUT2D eigenvalue weighted by molar-refractivity contribution is -0.385. The maximum Gasteiger partial charge on any atom is 0.311 e. The Balaban J connectivity index is 1.27. The van der Waals surface area contributed by atoms with Gasteiger partial charge in [0.2, 0.25) is 5.91 Å². The minimum absolute atomic E-state index is 0.0619. The van der Waals surface area contributed by atoms with E-state index in [-0.39, 0.29) is 23.3 Å². The number of thioether (sulfide) groups is 1. The van der Waals surface area contributed by atoms with E-state index in [1.807, 2.05) is 29.2 Å². The molecule has 0 spiro atoms. The molecule has 0 saturated carbocycles. The Kier molecular flexibility index (Phi) is 6.41. The van der Waals surface area contributed by atoms with Crippen molar-refractivity contribution in [3.8, 4) is 5.75 Å². The minimum atomic E-state index is -0.459. The summed E-state index contributed by atoms with van der Waals surface area (Å²) in [6.45, 7) is 1.35. The van der Waals surface area contributed by atoms with Crippen LogP contribution < -0.4 is 4.74 Å². The van der Waals surface area contributed by atoms with Gasteiger partial charge >= 0.3 is 5.69 Å². The van der Waals surface area contributed by atoms with Crippen LogP contribution in [0.15, 0.2) is 46.9 Å². The molecule has 0 atom stereocenters. The predicted molar refractivity (Wildman–Crippen MR) is 118 cm³/mol. The molecule has 0 bridgehead atoms. The lowest BCUT2D eigenvalue weighted by atomic mass is 9.97. The second-order valence-corrected chi connectivity index (χ2v) is 8.42. The number of nitro benzene ring substituents is 1. The van der Waals surface area contributed by atoms with Crippen molar-refractivity contribution >= 4 is 34.5 Å². The van der Waals surface area contributed by atoms with Gasteiger partial charge < -0.3 is 14.1 Å². The first kappa shape index (κ1) is 21.2. The van der Waals surface area contributed by atoms with Crippen LogP contribution in [0, 0.1) is 10.1 Å². The van der Waals surface area contributed by atoms with Crippen molar-refractivity contribution < 1.29 is 18.9 Å². The average molecular weight is 442 g/mol. The second kappa shape index (κ2) is 9.38. The van der Waals surface area contributed by atoms with Crippen molar-refractivity contribution in [1.82, 2.24) is 9.88 Å². The van der Waals surface area contributed by atoms with Crippen molar-refractivity contribution in [1.29, 1.82) is 0 Å². The molecule has 3 aromatic rings. The summed E-state index contributed by atoms with van der Waals surface area (Å²) in [6, 6.07) is 12.6. The van der Waals surface area contributed by atoms with E-state index in [0.717, 1.165) is 35.4 Å². The van der Waals surface area contributed by atoms with Crippen LogP contribution in [0.2, 0.25) is 0 Å². The van der Waals surface area contributed by atoms with Crippen molar-refractivity contribution in [3.63, 3.8) is 0 Å². The molecule has 31 heavy (non-hydrogen) atoms. The molecule has 0 unspecified atom stereocenters. The van der Waals surface area contributed by atoms with Crippen LogP contribution in [0.5, 0.6) is 5.75 Å². The highest BCUT2D eigenvalue weighted by Gasteiger charge is 2.27. The Morgan fingerprint density at radius 2 is 2.06 bits per heavy atom. The number of hydrogen-bond acceptors (Lipinski definition) is 7. The predicted octanol–water partition coefficient (Wildman–Crippen LogP) is 4.38. The van der Waals surface area contributed by atoms with E-state index in [1.54, 1.807) is 12.1 Å². The zero-order chi connectivity index (χ0) is 21.8. The van der Waals surface area contributed by atoms with E-state index in [2.05, 4.69) is 4.98 Å². The third-order valence-corrected chi connectivity index (χ3v) is 6.43. The summed E-state index contributed by atoms with van der Waals surface area (Å²) in [6.07, 6.45) is 1.65. The number of methoxy groups -OCH3 is 1. The Hall–Kier alpha value is -3.07. The standard InChI is InChI=1S/C22H23N3O5S/c1-29-20-7-6-15(12-18(20)25(27)28)13-31-14-21(26)24-10-8-16(9-11-24)22-23-17-4-2-3-5-19(17)30-22/h2-7,12,16H,8-11,13-14H2,1H3. The summed E-state index contributed by atoms with van der Waals surface area (Å²) in [5.74, 6) is 2.16. The highest BCUT2D eigenvalue weighted by atomic mass is 32.2. The molecule has 2 heterocycles. The lowest BCUT2D eigenvalue weighted by Gasteiger charge is -2.30. The third-order valence-electron chi connectivity index (χ3n) is 5.44. The number of carbonyl (C=O) groups excluding carboxylic acids is 1. The van der Waals surface area contributed by atoms with Gasteiger partial charge in [0.15, 0.2) is 17.2 Å². The van der Waals surface area contributed by atoms with Crippen LogP contribution in [0.4, 0.5) is 5.69 Å². The maximum atomic E-state index is 12.6. The van der Waals surface area contributed by atoms with Crippen LogP contribution in [0.1, 0.15) is 30.2 Å². The van der Waals surface area contributed by atoms with Crippen LogP contribution in [-0.2, 0) is 10.5 Å². The van der Waals surface area contributed by atoms with Gasteiger partial charge in [-0.05, 0) is 36.6 Å². The highest BCUT2D eigenvalue weighted by Crippen LogP contribution is 2.31. The van der Waals surface area contributed by atoms with E-state index >= 15 is 0 Å². The van der Waals surface area contributed by atoms with Crippen LogP contribution in [-0.4, -0.2) is 46.7 Å². The fourth-order valence-corrected chi connectivity index (χ4v) is 4.63. The monoisotopic (exact) mass is 441 g/mol. The van der Waals surface area contributed by atoms with E-state index in [9.17, 15) is 14.9 Å². The Morgan fingerprint density at radius 1 is 1.29 bits per heavy atom. The molecule has 2 aromatic carbocycles. The Morgan fingerprint density at radius 3 is 2.77 bits per heavy atom. The first-order chi connectivity index (χ1) is 15.0. The van der Waals surface area contributed by atoms with Crippen molar-refractivity contribution in [2.45, 2.75) is 24.5 Å². The van der Waals surface area contributed by atoms with Crippen LogP contribution in [0.25, 0.3) is 11.1 Å². The summed E-state index contributed by atoms with van der Waals surface area (Å²) in [5, 5.41) is 11.1. The number of aromatic nitrogens is 1. The first-order valence-electron chi connectivity index (χ1n) is 10.1. The van der Waals surface area contributed by atoms with Gasteiger partial charge in [0.1, 0.15) is 5.52 Å². The number of hydrogen-bond donors (Lipinski definition) is 0. The second-order valence-electron chi connectivity index (χ2n) is 7.43. The Bertz CT molecular complexity index is 1060. The molecule has 1 saturated heterocycles. The molecule has 1 amide bonds. The summed E-state index contributed by atoms with van der Waals surface area (Å²) >= 11 is 1.46. The lowest BCUT2D eigenvalue weighted by Crippen LogP contribution is -2.39. The number of rotatable bonds is 7. The summed E-state index contributed by atoms with van der Waals surface area (Å²) < 4.78 is 10.9. The number of likely N-dealkylation sites (tertiary alicyclic amines) is 1. The Labute approximate surface area is 183 Å². The van der Waals surface area contributed by atoms with E-state index < -0.39 is 4.92 Å². The average Bonchev–Trinajstić information content (AvgIpc) is 3.23.